The van der Waals surface area contributed by atoms with Gasteiger partial charge < -0.3 is 172 Å². The van der Waals surface area contributed by atoms with E-state index in [1.807, 2.05) is 0 Å². The number of carbonyl (C=O) groups is 12. The number of amides is 11. The summed E-state index contributed by atoms with van der Waals surface area (Å²) in [5, 5.41) is 149. The maximum Gasteiger partial charge on any atom is 0.364 e. The topological polar surface area (TPSA) is 683 Å². The number of unbranched alkanes of at least 4 members (excludes halogenated alkanes) is 3. The molecule has 6 aliphatic rings. The molecule has 11 amide bonds. The molecule has 0 radical (unpaired) electrons. The number of rotatable bonds is 60. The number of aliphatic hydroxyl groups excluding tert-OH is 9. The van der Waals surface area contributed by atoms with Crippen molar-refractivity contribution in [3.63, 3.8) is 0 Å². The first-order chi connectivity index (χ1) is 62.1. The molecule has 0 aromatic heterocycles. The van der Waals surface area contributed by atoms with Crippen molar-refractivity contribution in [1.29, 1.82) is 0 Å². The van der Waals surface area contributed by atoms with Crippen LogP contribution in [-0.2, 0) is 114 Å². The molecule has 22 atom stereocenters. The summed E-state index contributed by atoms with van der Waals surface area (Å²) in [7, 11) is 0. The lowest BCUT2D eigenvalue weighted by Gasteiger charge is -2.63. The smallest absolute Gasteiger partial charge is 0.364 e. The minimum atomic E-state index is -2.42. The van der Waals surface area contributed by atoms with E-state index in [1.54, 1.807) is 20.8 Å². The Morgan fingerprint density at radius 2 is 0.954 bits per heavy atom. The van der Waals surface area contributed by atoms with Gasteiger partial charge in [0.15, 0.2) is 25.5 Å². The number of aliphatic hydroxyl groups is 10. The van der Waals surface area contributed by atoms with Crippen LogP contribution < -0.4 is 58.5 Å². The minimum Gasteiger partial charge on any atom is -0.477 e. The Morgan fingerprint density at radius 1 is 0.496 bits per heavy atom. The van der Waals surface area contributed by atoms with Gasteiger partial charge in [0.2, 0.25) is 59.1 Å². The van der Waals surface area contributed by atoms with E-state index < -0.39 is 243 Å². The Balaban J connectivity index is 1.03. The molecule has 131 heavy (non-hydrogen) atoms. The fourth-order valence-corrected chi connectivity index (χ4v) is 16.2. The zero-order valence-electron chi connectivity index (χ0n) is 76.3. The summed E-state index contributed by atoms with van der Waals surface area (Å²) in [6.45, 7) is 8.23. The molecule has 2 saturated carbocycles. The highest BCUT2D eigenvalue weighted by atomic mass is 16.7. The Kier molecular flexibility index (Phi) is 47.3. The number of carbonyl (C=O) groups excluding carboxylic acids is 11. The molecular weight excluding hydrogens is 1740 g/mol. The lowest BCUT2D eigenvalue weighted by molar-refractivity contribution is -0.373. The van der Waals surface area contributed by atoms with Gasteiger partial charge in [-0.1, -0.05) is 25.9 Å². The van der Waals surface area contributed by atoms with Gasteiger partial charge in [0.1, 0.15) is 22.7 Å². The van der Waals surface area contributed by atoms with Gasteiger partial charge in [-0.2, -0.15) is 0 Å². The van der Waals surface area contributed by atoms with Gasteiger partial charge in [-0.05, 0) is 70.1 Å². The van der Waals surface area contributed by atoms with Gasteiger partial charge >= 0.3 is 5.97 Å². The molecule has 750 valence electrons. The van der Waals surface area contributed by atoms with E-state index in [1.165, 1.54) is 27.7 Å². The summed E-state index contributed by atoms with van der Waals surface area (Å²) in [6, 6.07) is -2.09. The molecule has 6 fully saturated rings. The first kappa shape index (κ1) is 112. The number of aliphatic carboxylic acids is 1. The summed E-state index contributed by atoms with van der Waals surface area (Å²) in [5.41, 5.74) is -6.36. The third-order valence-electron chi connectivity index (χ3n) is 23.2. The van der Waals surface area contributed by atoms with E-state index in [-0.39, 0.29) is 168 Å². The maximum atomic E-state index is 14.2. The van der Waals surface area contributed by atoms with Crippen LogP contribution in [0.5, 0.6) is 0 Å². The summed E-state index contributed by atoms with van der Waals surface area (Å²) in [6.07, 6.45) is -10.9. The second kappa shape index (κ2) is 55.3. The summed E-state index contributed by atoms with van der Waals surface area (Å²) >= 11 is 0. The van der Waals surface area contributed by atoms with Crippen molar-refractivity contribution >= 4 is 77.2 Å². The normalized spacial score (nSPS) is 29.7. The zero-order chi connectivity index (χ0) is 96.7. The van der Waals surface area contributed by atoms with Gasteiger partial charge in [0, 0.05) is 169 Å². The molecule has 4 aliphatic heterocycles. The molecule has 47 heteroatoms. The molecule has 0 aromatic carbocycles. The average Bonchev–Trinajstić information content (AvgIpc) is 0.698. The fourth-order valence-electron chi connectivity index (χ4n) is 16.2. The number of carboxylic acids is 1. The highest BCUT2D eigenvalue weighted by Crippen LogP contribution is 2.51. The molecule has 0 bridgehead atoms. The summed E-state index contributed by atoms with van der Waals surface area (Å²) in [5.74, 6) is -11.6. The van der Waals surface area contributed by atoms with Crippen molar-refractivity contribution in [3.8, 4) is 0 Å². The molecule has 4 saturated heterocycles. The van der Waals surface area contributed by atoms with E-state index in [0.717, 1.165) is 13.1 Å². The lowest BCUT2D eigenvalue weighted by atomic mass is 9.61. The quantitative estimate of drug-likeness (QED) is 0.0153. The van der Waals surface area contributed by atoms with Crippen LogP contribution in [0.25, 0.3) is 0 Å². The Labute approximate surface area is 761 Å². The van der Waals surface area contributed by atoms with Crippen LogP contribution in [-0.4, -0.2) is 386 Å². The SMILES string of the molecule is CC(=O)NC1CC(O)[C@H](O)C(CO)CO[C@@H]1OCCCCC(=O)NCCCNC(=O)CCOCC(COCCC(=O)NCCCNC(=O)CCCCO[C@H]1OC2C(CO)[C@@H](O)C(O)CC21NC(C)=O)(COCCC(=O)NCCCNC(=O)CCCCO[C@H]1OC2C(CO)[C@@](C)(O)C(O)CC21NC(C)=O)NC(=O)CON=CC1O[C@@](OCC(C)(C)C)(C(=O)O)C[C@H](O)[C@@H]1NC(C)=O. The van der Waals surface area contributed by atoms with Crippen LogP contribution in [0.3, 0.4) is 0 Å². The molecule has 13 unspecified atom stereocenters. The molecule has 0 spiro atoms. The molecule has 0 aromatic rings. The van der Waals surface area contributed by atoms with Crippen LogP contribution >= 0.6 is 0 Å². The lowest BCUT2D eigenvalue weighted by Crippen LogP contribution is -2.83. The van der Waals surface area contributed by atoms with Gasteiger partial charge in [-0.3, -0.25) is 52.7 Å². The number of nitrogens with zero attached hydrogens (tertiary/aromatic N) is 1. The molecule has 4 heterocycles. The van der Waals surface area contributed by atoms with Crippen molar-refractivity contribution in [2.45, 2.75) is 291 Å². The first-order valence-corrected chi connectivity index (χ1v) is 45.0. The summed E-state index contributed by atoms with van der Waals surface area (Å²) < 4.78 is 65.1. The Bertz CT molecular complexity index is 3580. The molecule has 22 N–H and O–H groups in total. The number of hydrogen-bond acceptors (Lipinski definition) is 35. The Hall–Kier alpha value is -7.73. The van der Waals surface area contributed by atoms with E-state index in [0.29, 0.717) is 57.8 Å². The van der Waals surface area contributed by atoms with Gasteiger partial charge in [0.05, 0.1) is 145 Å². The second-order valence-electron chi connectivity index (χ2n) is 35.7. The predicted octanol–water partition coefficient (Wildman–Crippen LogP) is -6.37. The van der Waals surface area contributed by atoms with E-state index >= 15 is 0 Å². The number of ether oxygens (including phenoxy) is 11. The molecule has 2 aliphatic carbocycles. The first-order valence-electron chi connectivity index (χ1n) is 45.0. The molecular formula is C84H144N12O35. The third-order valence-corrected chi connectivity index (χ3v) is 23.2. The van der Waals surface area contributed by atoms with Gasteiger partial charge in [-0.25, -0.2) is 4.79 Å². The van der Waals surface area contributed by atoms with E-state index in [2.05, 4.69) is 63.6 Å². The average molecular weight is 1880 g/mol. The van der Waals surface area contributed by atoms with E-state index in [4.69, 9.17) is 56.9 Å². The molecule has 6 rings (SSSR count). The number of carboxylic acid groups (broad SMARTS) is 1. The van der Waals surface area contributed by atoms with Crippen LogP contribution in [0.4, 0.5) is 0 Å². The fraction of sp³-hybridized carbons (Fsp3) is 0.845. The largest absolute Gasteiger partial charge is 0.477 e. The van der Waals surface area contributed by atoms with Crippen LogP contribution in [0.1, 0.15) is 177 Å². The standard InChI is InChI=1S/C84H144N12O35/c1-50(100)92-57-36-58(104)71(115)54(41-97)44-126-75(57)123-30-12-9-18-63(108)85-24-15-27-88-66(111)21-33-120-47-81(96-69(114)45-128-91-40-61-70(93-51(2)101)59(105)38-84(131-61,76(117)118)127-46-79(5,6)7,48-121-34-22-67(112)89-28-16-25-86-64(109)19-10-13-31-124-77-82(94-52(3)102)37-60(106)72(116)55(42-98)73(82)129-77)49-122-35-23-68(113)90-29-17-26-87-65(110)20-11-14-32-125-78-83(95-53(4)103)39-62(107)80(8,119)56(43-99)74(83)130-78/h40,54-62,70-75,77-78,97-99,104-107,115-116,119H,9-39,41-49H2,1-8H3,(H,85,108)(H,86,109)(H,87,110)(H,88,111)(H,89,112)(H,90,113)(H,92,100)(H,93,101)(H,94,102)(H,95,103)(H,96,114)(H,117,118)/t54?,55?,56?,57?,58?,59-,60?,61?,62?,70-,71+,72+,73?,74?,75-,77-,78-,80+,81?,82?,83?,84+/m0/s1. The maximum absolute atomic E-state index is 14.2. The number of hydrogen-bond donors (Lipinski definition) is 22. The van der Waals surface area contributed by atoms with Crippen molar-refractivity contribution in [2.75, 3.05) is 138 Å². The van der Waals surface area contributed by atoms with Gasteiger partial charge in [-0.15, -0.1) is 0 Å². The van der Waals surface area contributed by atoms with Crippen LogP contribution in [0.2, 0.25) is 0 Å². The highest BCUT2D eigenvalue weighted by Gasteiger charge is 2.70. The van der Waals surface area contributed by atoms with E-state index in [9.17, 15) is 114 Å². The van der Waals surface area contributed by atoms with Crippen molar-refractivity contribution < 1.29 is 171 Å². The Morgan fingerprint density at radius 3 is 1.39 bits per heavy atom. The zero-order valence-corrected chi connectivity index (χ0v) is 76.3. The predicted molar refractivity (Wildman–Crippen MR) is 456 cm³/mol. The number of oxime groups is 1. The number of fused-ring (bicyclic) bond motifs is 2. The third kappa shape index (κ3) is 35.8. The van der Waals surface area contributed by atoms with Gasteiger partial charge in [0.25, 0.3) is 11.7 Å². The highest BCUT2D eigenvalue weighted by molar-refractivity contribution is 5.81. The van der Waals surface area contributed by atoms with Crippen molar-refractivity contribution in [1.82, 2.24) is 58.5 Å². The van der Waals surface area contributed by atoms with Crippen molar-refractivity contribution in [2.24, 2.45) is 28.3 Å². The van der Waals surface area contributed by atoms with Crippen molar-refractivity contribution in [3.05, 3.63) is 0 Å². The van der Waals surface area contributed by atoms with Crippen LogP contribution in [0, 0.1) is 23.2 Å². The second-order valence-corrected chi connectivity index (χ2v) is 35.7. The monoisotopic (exact) mass is 1880 g/mol. The number of nitrogens with one attached hydrogen (secondary N) is 11. The molecule has 47 nitrogen and oxygen atoms in total. The summed E-state index contributed by atoms with van der Waals surface area (Å²) in [4.78, 5) is 159. The van der Waals surface area contributed by atoms with Crippen LogP contribution in [0.15, 0.2) is 5.16 Å². The minimum absolute atomic E-state index is 0.0658.